The van der Waals surface area contributed by atoms with Crippen LogP contribution in [0.25, 0.3) is 22.3 Å². The molecule has 0 bridgehead atoms. The van der Waals surface area contributed by atoms with Gasteiger partial charge in [-0.1, -0.05) is 127 Å². The van der Waals surface area contributed by atoms with Gasteiger partial charge in [0.2, 0.25) is 0 Å². The maximum atomic E-state index is 2.71. The van der Waals surface area contributed by atoms with Crippen molar-refractivity contribution in [2.24, 2.45) is 0 Å². The van der Waals surface area contributed by atoms with Crippen LogP contribution in [0.1, 0.15) is 138 Å². The minimum atomic E-state index is 0.153. The Kier molecular flexibility index (Phi) is 7.91. The number of benzene rings is 3. The number of hydrogen-bond acceptors (Lipinski definition) is 0. The van der Waals surface area contributed by atoms with E-state index in [1.807, 2.05) is 0 Å². The van der Waals surface area contributed by atoms with E-state index in [4.69, 9.17) is 0 Å². The lowest BCUT2D eigenvalue weighted by molar-refractivity contribution is 0.410. The number of hydrogen-bond donors (Lipinski definition) is 0. The quantitative estimate of drug-likeness (QED) is 0.229. The molecule has 3 aromatic carbocycles. The number of rotatable bonds is 12. The summed E-state index contributed by atoms with van der Waals surface area (Å²) in [6.07, 6.45) is 15.3. The van der Waals surface area contributed by atoms with Gasteiger partial charge in [0.25, 0.3) is 0 Å². The van der Waals surface area contributed by atoms with Gasteiger partial charge in [0, 0.05) is 10.8 Å². The van der Waals surface area contributed by atoms with Crippen LogP contribution in [0.15, 0.2) is 48.5 Å². The average molecular weight is 507 g/mol. The first-order chi connectivity index (χ1) is 18.5. The van der Waals surface area contributed by atoms with E-state index in [9.17, 15) is 0 Å². The molecule has 0 heterocycles. The number of aryl methyl sites for hydroxylation is 2. The minimum Gasteiger partial charge on any atom is -0.0654 e. The highest BCUT2D eigenvalue weighted by Gasteiger charge is 2.47. The summed E-state index contributed by atoms with van der Waals surface area (Å²) in [7, 11) is 0. The summed E-state index contributed by atoms with van der Waals surface area (Å²) >= 11 is 0. The van der Waals surface area contributed by atoms with Gasteiger partial charge in [-0.2, -0.15) is 0 Å². The van der Waals surface area contributed by atoms with Gasteiger partial charge in [-0.25, -0.2) is 0 Å². The normalized spacial score (nSPS) is 15.7. The fraction of sp³-hybridized carbons (Fsp3) is 0.526. The van der Waals surface area contributed by atoms with Crippen LogP contribution in [0, 0.1) is 13.8 Å². The number of fused-ring (bicyclic) bond motifs is 6. The van der Waals surface area contributed by atoms with Crippen molar-refractivity contribution < 1.29 is 0 Å². The Morgan fingerprint density at radius 1 is 0.421 bits per heavy atom. The summed E-state index contributed by atoms with van der Waals surface area (Å²) in [6, 6.07) is 20.1. The molecule has 0 unspecified atom stereocenters. The molecule has 0 saturated carbocycles. The molecule has 0 aliphatic heterocycles. The van der Waals surface area contributed by atoms with Crippen molar-refractivity contribution in [3.05, 3.63) is 81.9 Å². The highest BCUT2D eigenvalue weighted by Crippen LogP contribution is 2.60. The van der Waals surface area contributed by atoms with E-state index in [0.29, 0.717) is 0 Å². The summed E-state index contributed by atoms with van der Waals surface area (Å²) in [5, 5.41) is 0. The van der Waals surface area contributed by atoms with Gasteiger partial charge in [0.05, 0.1) is 0 Å². The molecule has 0 spiro atoms. The molecule has 0 atom stereocenters. The van der Waals surface area contributed by atoms with Gasteiger partial charge in [-0.05, 0) is 96.2 Å². The van der Waals surface area contributed by atoms with Crippen molar-refractivity contribution in [3.8, 4) is 22.3 Å². The highest BCUT2D eigenvalue weighted by molar-refractivity contribution is 5.90. The fourth-order valence-electron chi connectivity index (χ4n) is 7.95. The van der Waals surface area contributed by atoms with Gasteiger partial charge in [-0.3, -0.25) is 0 Å². The average Bonchev–Trinajstić information content (AvgIpc) is 3.33. The van der Waals surface area contributed by atoms with Crippen molar-refractivity contribution in [2.45, 2.75) is 129 Å². The van der Waals surface area contributed by atoms with Crippen LogP contribution in [-0.4, -0.2) is 0 Å². The van der Waals surface area contributed by atoms with E-state index in [0.717, 1.165) is 0 Å². The molecule has 2 aliphatic rings. The molecule has 0 aromatic heterocycles. The Hall–Kier alpha value is -2.34. The van der Waals surface area contributed by atoms with Crippen molar-refractivity contribution in [1.82, 2.24) is 0 Å². The zero-order valence-corrected chi connectivity index (χ0v) is 25.1. The third-order valence-corrected chi connectivity index (χ3v) is 9.98. The SMILES string of the molecule is CCCCC1(CCCC)c2cc(C)ccc2-c2cc3c(cc21)-c1ccc(C)cc1C3(CCCC)CCCC. The predicted molar refractivity (Wildman–Crippen MR) is 166 cm³/mol. The molecule has 0 fully saturated rings. The molecule has 38 heavy (non-hydrogen) atoms. The maximum absolute atomic E-state index is 2.71. The van der Waals surface area contributed by atoms with Crippen LogP contribution >= 0.6 is 0 Å². The first kappa shape index (κ1) is 27.2. The molecule has 202 valence electrons. The van der Waals surface area contributed by atoms with E-state index in [1.54, 1.807) is 33.4 Å². The van der Waals surface area contributed by atoms with Gasteiger partial charge in [0.1, 0.15) is 0 Å². The van der Waals surface area contributed by atoms with E-state index >= 15 is 0 Å². The summed E-state index contributed by atoms with van der Waals surface area (Å²) in [5.74, 6) is 0. The fourth-order valence-corrected chi connectivity index (χ4v) is 7.95. The summed E-state index contributed by atoms with van der Waals surface area (Å²) in [4.78, 5) is 0. The van der Waals surface area contributed by atoms with Gasteiger partial charge >= 0.3 is 0 Å². The zero-order chi connectivity index (χ0) is 26.9. The Balaban J connectivity index is 1.81. The maximum Gasteiger partial charge on any atom is 0.0215 e. The highest BCUT2D eigenvalue weighted by atomic mass is 14.5. The molecular formula is C38H50. The van der Waals surface area contributed by atoms with Crippen molar-refractivity contribution in [2.75, 3.05) is 0 Å². The van der Waals surface area contributed by atoms with Gasteiger partial charge < -0.3 is 0 Å². The predicted octanol–water partition coefficient (Wildman–Crippen LogP) is 11.6. The van der Waals surface area contributed by atoms with Crippen molar-refractivity contribution in [3.63, 3.8) is 0 Å². The lowest BCUT2D eigenvalue weighted by atomic mass is 9.68. The molecule has 0 radical (unpaired) electrons. The molecule has 0 heteroatoms. The number of unbranched alkanes of at least 4 members (excludes halogenated alkanes) is 4. The van der Waals surface area contributed by atoms with Gasteiger partial charge in [0.15, 0.2) is 0 Å². The monoisotopic (exact) mass is 506 g/mol. The molecule has 0 nitrogen and oxygen atoms in total. The van der Waals surface area contributed by atoms with Crippen LogP contribution < -0.4 is 0 Å². The molecule has 0 N–H and O–H groups in total. The third-order valence-electron chi connectivity index (χ3n) is 9.98. The Labute approximate surface area is 233 Å². The zero-order valence-electron chi connectivity index (χ0n) is 25.1. The van der Waals surface area contributed by atoms with Gasteiger partial charge in [-0.15, -0.1) is 0 Å². The second kappa shape index (κ2) is 11.0. The molecule has 5 rings (SSSR count). The summed E-state index contributed by atoms with van der Waals surface area (Å²) in [6.45, 7) is 14.0. The van der Waals surface area contributed by atoms with E-state index < -0.39 is 0 Å². The molecule has 2 aliphatic carbocycles. The first-order valence-corrected chi connectivity index (χ1v) is 15.9. The van der Waals surface area contributed by atoms with E-state index in [2.05, 4.69) is 90.1 Å². The molecule has 0 saturated heterocycles. The largest absolute Gasteiger partial charge is 0.0654 e. The van der Waals surface area contributed by atoms with Crippen LogP contribution in [0.2, 0.25) is 0 Å². The van der Waals surface area contributed by atoms with Crippen LogP contribution in [0.5, 0.6) is 0 Å². The van der Waals surface area contributed by atoms with Crippen molar-refractivity contribution in [1.29, 1.82) is 0 Å². The molecule has 0 amide bonds. The smallest absolute Gasteiger partial charge is 0.0215 e. The lowest BCUT2D eigenvalue weighted by Crippen LogP contribution is -2.27. The van der Waals surface area contributed by atoms with Crippen molar-refractivity contribution >= 4 is 0 Å². The Morgan fingerprint density at radius 3 is 1.05 bits per heavy atom. The summed E-state index contributed by atoms with van der Waals surface area (Å²) in [5.41, 5.74) is 15.8. The Morgan fingerprint density at radius 2 is 0.737 bits per heavy atom. The van der Waals surface area contributed by atoms with Crippen LogP contribution in [0.4, 0.5) is 0 Å². The third kappa shape index (κ3) is 4.27. The molecule has 3 aromatic rings. The second-order valence-corrected chi connectivity index (χ2v) is 12.6. The summed E-state index contributed by atoms with van der Waals surface area (Å²) < 4.78 is 0. The van der Waals surface area contributed by atoms with E-state index in [-0.39, 0.29) is 10.8 Å². The van der Waals surface area contributed by atoms with Crippen LogP contribution in [-0.2, 0) is 10.8 Å². The topological polar surface area (TPSA) is 0 Å². The molecular weight excluding hydrogens is 456 g/mol. The Bertz CT molecular complexity index is 1170. The lowest BCUT2D eigenvalue weighted by Gasteiger charge is -2.34. The minimum absolute atomic E-state index is 0.153. The van der Waals surface area contributed by atoms with E-state index in [1.165, 1.54) is 99.3 Å². The van der Waals surface area contributed by atoms with Crippen LogP contribution in [0.3, 0.4) is 0 Å². The first-order valence-electron chi connectivity index (χ1n) is 15.9. The second-order valence-electron chi connectivity index (χ2n) is 12.6. The standard InChI is InChI=1S/C38H50/c1-7-11-19-37(20-12-8-2)33-23-27(5)15-17-29(33)31-26-36-32(25-35(31)37)30-18-16-28(6)24-34(30)38(36,21-13-9-3)22-14-10-4/h15-18,23-26H,7-14,19-22H2,1-6H3.